The SMILES string of the molecule is CCc1nc(-c2ccnc(C)n2)nc(NC)c1C. The first-order valence-electron chi connectivity index (χ1n) is 6.01. The molecule has 0 atom stereocenters. The molecule has 0 aliphatic heterocycles. The number of nitrogens with zero attached hydrogens (tertiary/aromatic N) is 4. The molecule has 2 rings (SSSR count). The van der Waals surface area contributed by atoms with Crippen molar-refractivity contribution in [2.24, 2.45) is 0 Å². The van der Waals surface area contributed by atoms with Crippen LogP contribution < -0.4 is 5.32 Å². The van der Waals surface area contributed by atoms with Gasteiger partial charge in [0.2, 0.25) is 0 Å². The summed E-state index contributed by atoms with van der Waals surface area (Å²) in [5.74, 6) is 2.22. The topological polar surface area (TPSA) is 63.6 Å². The van der Waals surface area contributed by atoms with Gasteiger partial charge in [0.1, 0.15) is 17.3 Å². The quantitative estimate of drug-likeness (QED) is 0.895. The standard InChI is InChI=1S/C13H17N5/c1-5-10-8(2)12(14-4)18-13(17-10)11-6-7-15-9(3)16-11/h6-7H,5H2,1-4H3,(H,14,17,18). The van der Waals surface area contributed by atoms with Gasteiger partial charge in [0.15, 0.2) is 5.82 Å². The molecule has 2 heterocycles. The van der Waals surface area contributed by atoms with Gasteiger partial charge in [-0.1, -0.05) is 6.92 Å². The maximum atomic E-state index is 4.57. The zero-order chi connectivity index (χ0) is 13.1. The summed E-state index contributed by atoms with van der Waals surface area (Å²) in [6.45, 7) is 5.97. The summed E-state index contributed by atoms with van der Waals surface area (Å²) in [5, 5.41) is 3.10. The Balaban J connectivity index is 2.58. The highest BCUT2D eigenvalue weighted by Gasteiger charge is 2.11. The molecule has 1 N–H and O–H groups in total. The van der Waals surface area contributed by atoms with Crippen molar-refractivity contribution in [3.63, 3.8) is 0 Å². The average Bonchev–Trinajstić information content (AvgIpc) is 2.39. The molecule has 0 saturated heterocycles. The van der Waals surface area contributed by atoms with Crippen LogP contribution in [0.1, 0.15) is 24.0 Å². The lowest BCUT2D eigenvalue weighted by atomic mass is 10.2. The third-order valence-corrected chi connectivity index (χ3v) is 2.82. The minimum Gasteiger partial charge on any atom is -0.373 e. The summed E-state index contributed by atoms with van der Waals surface area (Å²) in [6, 6.07) is 1.83. The predicted octanol–water partition coefficient (Wildman–Crippen LogP) is 2.15. The molecule has 0 aliphatic carbocycles. The van der Waals surface area contributed by atoms with Crippen LogP contribution in [0, 0.1) is 13.8 Å². The van der Waals surface area contributed by atoms with Gasteiger partial charge in [0.25, 0.3) is 0 Å². The molecular formula is C13H17N5. The van der Waals surface area contributed by atoms with Crippen LogP contribution in [0.15, 0.2) is 12.3 Å². The van der Waals surface area contributed by atoms with Crippen molar-refractivity contribution < 1.29 is 0 Å². The van der Waals surface area contributed by atoms with Gasteiger partial charge in [-0.05, 0) is 26.3 Å². The Morgan fingerprint density at radius 2 is 1.94 bits per heavy atom. The summed E-state index contributed by atoms with van der Waals surface area (Å²) >= 11 is 0. The second-order valence-corrected chi connectivity index (χ2v) is 4.06. The maximum Gasteiger partial charge on any atom is 0.180 e. The van der Waals surface area contributed by atoms with Gasteiger partial charge in [0.05, 0.1) is 0 Å². The van der Waals surface area contributed by atoms with E-state index >= 15 is 0 Å². The number of aryl methyl sites for hydroxylation is 2. The molecule has 0 saturated carbocycles. The Bertz CT molecular complexity index is 540. The van der Waals surface area contributed by atoms with Crippen molar-refractivity contribution >= 4 is 5.82 Å². The first-order valence-corrected chi connectivity index (χ1v) is 6.01. The molecule has 5 heteroatoms. The largest absolute Gasteiger partial charge is 0.373 e. The van der Waals surface area contributed by atoms with Gasteiger partial charge in [-0.15, -0.1) is 0 Å². The Morgan fingerprint density at radius 3 is 2.56 bits per heavy atom. The molecule has 2 aromatic rings. The highest BCUT2D eigenvalue weighted by molar-refractivity contribution is 5.56. The molecule has 0 aromatic carbocycles. The first-order chi connectivity index (χ1) is 8.65. The van der Waals surface area contributed by atoms with Gasteiger partial charge < -0.3 is 5.32 Å². The van der Waals surface area contributed by atoms with E-state index in [0.29, 0.717) is 5.82 Å². The molecule has 0 bridgehead atoms. The molecular weight excluding hydrogens is 226 g/mol. The summed E-state index contributed by atoms with van der Waals surface area (Å²) in [6.07, 6.45) is 2.60. The number of hydrogen-bond acceptors (Lipinski definition) is 5. The van der Waals surface area contributed by atoms with E-state index in [1.54, 1.807) is 6.20 Å². The molecule has 94 valence electrons. The molecule has 2 aromatic heterocycles. The number of anilines is 1. The van der Waals surface area contributed by atoms with Crippen LogP contribution >= 0.6 is 0 Å². The fourth-order valence-electron chi connectivity index (χ4n) is 1.85. The van der Waals surface area contributed by atoms with Crippen molar-refractivity contribution in [2.45, 2.75) is 27.2 Å². The summed E-state index contributed by atoms with van der Waals surface area (Å²) in [4.78, 5) is 17.5. The maximum absolute atomic E-state index is 4.57. The van der Waals surface area contributed by atoms with Gasteiger partial charge in [-0.25, -0.2) is 19.9 Å². The van der Waals surface area contributed by atoms with Gasteiger partial charge in [0, 0.05) is 24.5 Å². The van der Waals surface area contributed by atoms with E-state index in [1.807, 2.05) is 27.0 Å². The zero-order valence-electron chi connectivity index (χ0n) is 11.2. The van der Waals surface area contributed by atoms with Crippen LogP contribution in [0.25, 0.3) is 11.5 Å². The first kappa shape index (κ1) is 12.4. The van der Waals surface area contributed by atoms with E-state index in [1.165, 1.54) is 0 Å². The third kappa shape index (κ3) is 2.30. The zero-order valence-corrected chi connectivity index (χ0v) is 11.2. The Hall–Kier alpha value is -2.04. The van der Waals surface area contributed by atoms with E-state index in [9.17, 15) is 0 Å². The summed E-state index contributed by atoms with van der Waals surface area (Å²) < 4.78 is 0. The van der Waals surface area contributed by atoms with E-state index in [2.05, 4.69) is 32.2 Å². The minimum absolute atomic E-state index is 0.646. The van der Waals surface area contributed by atoms with E-state index < -0.39 is 0 Å². The lowest BCUT2D eigenvalue weighted by Crippen LogP contribution is -2.05. The molecule has 0 spiro atoms. The number of aromatic nitrogens is 4. The van der Waals surface area contributed by atoms with Crippen molar-refractivity contribution in [1.29, 1.82) is 0 Å². The van der Waals surface area contributed by atoms with Crippen LogP contribution in [0.2, 0.25) is 0 Å². The summed E-state index contributed by atoms with van der Waals surface area (Å²) in [7, 11) is 1.86. The van der Waals surface area contributed by atoms with Crippen LogP contribution in [-0.2, 0) is 6.42 Å². The lowest BCUT2D eigenvalue weighted by molar-refractivity contribution is 0.961. The number of nitrogens with one attached hydrogen (secondary N) is 1. The van der Waals surface area contributed by atoms with E-state index in [0.717, 1.165) is 35.0 Å². The van der Waals surface area contributed by atoms with Crippen LogP contribution in [0.4, 0.5) is 5.82 Å². The second kappa shape index (κ2) is 5.08. The van der Waals surface area contributed by atoms with Crippen LogP contribution in [-0.4, -0.2) is 27.0 Å². The Labute approximate surface area is 107 Å². The van der Waals surface area contributed by atoms with Crippen molar-refractivity contribution in [1.82, 2.24) is 19.9 Å². The monoisotopic (exact) mass is 243 g/mol. The van der Waals surface area contributed by atoms with Crippen molar-refractivity contribution in [3.05, 3.63) is 29.3 Å². The van der Waals surface area contributed by atoms with E-state index in [4.69, 9.17) is 0 Å². The normalized spacial score (nSPS) is 10.4. The van der Waals surface area contributed by atoms with Crippen molar-refractivity contribution in [3.8, 4) is 11.5 Å². The molecule has 0 fully saturated rings. The lowest BCUT2D eigenvalue weighted by Gasteiger charge is -2.10. The van der Waals surface area contributed by atoms with Gasteiger partial charge >= 0.3 is 0 Å². The molecule has 0 radical (unpaired) electrons. The minimum atomic E-state index is 0.646. The average molecular weight is 243 g/mol. The third-order valence-electron chi connectivity index (χ3n) is 2.82. The predicted molar refractivity (Wildman–Crippen MR) is 71.5 cm³/mol. The second-order valence-electron chi connectivity index (χ2n) is 4.06. The Kier molecular flexibility index (Phi) is 3.50. The number of rotatable bonds is 3. The molecule has 0 unspecified atom stereocenters. The number of hydrogen-bond donors (Lipinski definition) is 1. The highest BCUT2D eigenvalue weighted by atomic mass is 15.0. The smallest absolute Gasteiger partial charge is 0.180 e. The molecule has 5 nitrogen and oxygen atoms in total. The molecule has 18 heavy (non-hydrogen) atoms. The summed E-state index contributed by atoms with van der Waals surface area (Å²) in [5.41, 5.74) is 2.89. The Morgan fingerprint density at radius 1 is 1.17 bits per heavy atom. The van der Waals surface area contributed by atoms with Crippen LogP contribution in [0.3, 0.4) is 0 Å². The highest BCUT2D eigenvalue weighted by Crippen LogP contribution is 2.20. The van der Waals surface area contributed by atoms with Crippen molar-refractivity contribution in [2.75, 3.05) is 12.4 Å². The van der Waals surface area contributed by atoms with Gasteiger partial charge in [-0.3, -0.25) is 0 Å². The fraction of sp³-hybridized carbons (Fsp3) is 0.385. The van der Waals surface area contributed by atoms with Crippen LogP contribution in [0.5, 0.6) is 0 Å². The van der Waals surface area contributed by atoms with Gasteiger partial charge in [-0.2, -0.15) is 0 Å². The van der Waals surface area contributed by atoms with E-state index in [-0.39, 0.29) is 0 Å². The molecule has 0 amide bonds. The molecule has 0 aliphatic rings. The fourth-order valence-corrected chi connectivity index (χ4v) is 1.85.